The molecule has 1 heterocycles. The van der Waals surface area contributed by atoms with E-state index >= 15 is 0 Å². The lowest BCUT2D eigenvalue weighted by Gasteiger charge is -2.12. The maximum Gasteiger partial charge on any atom is 0.193 e. The van der Waals surface area contributed by atoms with E-state index in [0.717, 1.165) is 22.3 Å². The molecule has 0 spiro atoms. The highest BCUT2D eigenvalue weighted by atomic mass is 35.5. The van der Waals surface area contributed by atoms with Gasteiger partial charge in [-0.1, -0.05) is 25.4 Å². The summed E-state index contributed by atoms with van der Waals surface area (Å²) in [7, 11) is 0. The molecule has 90 valence electrons. The summed E-state index contributed by atoms with van der Waals surface area (Å²) in [6, 6.07) is 3.61. The number of nitrogens with one attached hydrogen (secondary N) is 1. The van der Waals surface area contributed by atoms with Crippen molar-refractivity contribution in [1.82, 2.24) is 4.98 Å². The second-order valence-electron chi connectivity index (χ2n) is 4.79. The molecular formula is C14H16ClNO. The predicted molar refractivity (Wildman–Crippen MR) is 73.1 cm³/mol. The van der Waals surface area contributed by atoms with Crippen molar-refractivity contribution < 1.29 is 0 Å². The quantitative estimate of drug-likeness (QED) is 0.816. The molecule has 1 N–H and O–H groups in total. The highest BCUT2D eigenvalue weighted by Crippen LogP contribution is 2.23. The molecule has 0 saturated heterocycles. The molecular weight excluding hydrogens is 234 g/mol. The van der Waals surface area contributed by atoms with Gasteiger partial charge in [-0.2, -0.15) is 0 Å². The van der Waals surface area contributed by atoms with Gasteiger partial charge < -0.3 is 4.98 Å². The minimum atomic E-state index is 0.0943. The summed E-state index contributed by atoms with van der Waals surface area (Å²) < 4.78 is 0. The molecule has 2 aromatic rings. The second-order valence-corrected chi connectivity index (χ2v) is 5.23. The van der Waals surface area contributed by atoms with Crippen LogP contribution >= 0.6 is 11.6 Å². The molecule has 1 aromatic carbocycles. The number of fused-ring (bicyclic) bond motifs is 1. The van der Waals surface area contributed by atoms with Crippen LogP contribution < -0.4 is 5.43 Å². The van der Waals surface area contributed by atoms with Crippen molar-refractivity contribution in [3.63, 3.8) is 0 Å². The molecule has 1 aromatic heterocycles. The fourth-order valence-electron chi connectivity index (χ4n) is 2.35. The molecule has 2 nitrogen and oxygen atoms in total. The summed E-state index contributed by atoms with van der Waals surface area (Å²) in [5.74, 6) is 0.211. The van der Waals surface area contributed by atoms with Crippen molar-refractivity contribution >= 4 is 22.5 Å². The molecule has 0 saturated carbocycles. The molecule has 0 aliphatic carbocycles. The van der Waals surface area contributed by atoms with Gasteiger partial charge >= 0.3 is 0 Å². The minimum absolute atomic E-state index is 0.0943. The Bertz CT molecular complexity index is 641. The SMILES string of the molecule is Cc1[nH]c2c(C)cc(Cl)cc2c(=O)c1C(C)C. The lowest BCUT2D eigenvalue weighted by Crippen LogP contribution is -2.15. The highest BCUT2D eigenvalue weighted by molar-refractivity contribution is 6.31. The van der Waals surface area contributed by atoms with E-state index < -0.39 is 0 Å². The number of hydrogen-bond acceptors (Lipinski definition) is 1. The summed E-state index contributed by atoms with van der Waals surface area (Å²) in [4.78, 5) is 15.7. The summed E-state index contributed by atoms with van der Waals surface area (Å²) in [5.41, 5.74) is 3.78. The topological polar surface area (TPSA) is 32.9 Å². The van der Waals surface area contributed by atoms with Gasteiger partial charge in [0, 0.05) is 21.7 Å². The zero-order valence-corrected chi connectivity index (χ0v) is 11.3. The van der Waals surface area contributed by atoms with Crippen LogP contribution in [0.5, 0.6) is 0 Å². The fourth-order valence-corrected chi connectivity index (χ4v) is 2.63. The van der Waals surface area contributed by atoms with Gasteiger partial charge in [0.2, 0.25) is 0 Å². The molecule has 0 atom stereocenters. The lowest BCUT2D eigenvalue weighted by molar-refractivity contribution is 0.838. The Labute approximate surface area is 106 Å². The van der Waals surface area contributed by atoms with Crippen molar-refractivity contribution in [1.29, 1.82) is 0 Å². The maximum absolute atomic E-state index is 12.4. The minimum Gasteiger partial charge on any atom is -0.358 e. The van der Waals surface area contributed by atoms with Gasteiger partial charge in [-0.3, -0.25) is 4.79 Å². The van der Waals surface area contributed by atoms with E-state index in [9.17, 15) is 4.79 Å². The molecule has 0 bridgehead atoms. The normalized spacial score (nSPS) is 11.4. The molecule has 2 rings (SSSR count). The van der Waals surface area contributed by atoms with E-state index in [2.05, 4.69) is 4.98 Å². The molecule has 0 fully saturated rings. The number of halogens is 1. The van der Waals surface area contributed by atoms with E-state index in [-0.39, 0.29) is 11.3 Å². The molecule has 3 heteroatoms. The Balaban J connectivity index is 2.97. The summed E-state index contributed by atoms with van der Waals surface area (Å²) in [6.45, 7) is 7.96. The van der Waals surface area contributed by atoms with Crippen LogP contribution in [0.3, 0.4) is 0 Å². The van der Waals surface area contributed by atoms with Crippen LogP contribution in [0, 0.1) is 13.8 Å². The summed E-state index contributed by atoms with van der Waals surface area (Å²) in [6.07, 6.45) is 0. The summed E-state index contributed by atoms with van der Waals surface area (Å²) in [5, 5.41) is 1.29. The third kappa shape index (κ3) is 1.98. The third-order valence-corrected chi connectivity index (χ3v) is 3.30. The first-order chi connectivity index (χ1) is 7.91. The number of rotatable bonds is 1. The average molecular weight is 250 g/mol. The van der Waals surface area contributed by atoms with Crippen molar-refractivity contribution in [3.05, 3.63) is 44.2 Å². The van der Waals surface area contributed by atoms with Crippen LogP contribution in [-0.2, 0) is 0 Å². The molecule has 0 unspecified atom stereocenters. The Hall–Kier alpha value is -1.28. The Morgan fingerprint density at radius 1 is 1.24 bits per heavy atom. The number of pyridine rings is 1. The molecule has 17 heavy (non-hydrogen) atoms. The van der Waals surface area contributed by atoms with Gasteiger partial charge in [-0.25, -0.2) is 0 Å². The standard InChI is InChI=1S/C14H16ClNO/c1-7(2)12-9(4)16-13-8(3)5-10(15)6-11(13)14(12)17/h5-7H,1-4H3,(H,16,17). The van der Waals surface area contributed by atoms with E-state index in [4.69, 9.17) is 11.6 Å². The van der Waals surface area contributed by atoms with Gasteiger partial charge in [-0.15, -0.1) is 0 Å². The first kappa shape index (κ1) is 12.2. The van der Waals surface area contributed by atoms with Gasteiger partial charge in [0.1, 0.15) is 0 Å². The average Bonchev–Trinajstić information content (AvgIpc) is 2.19. The van der Waals surface area contributed by atoms with E-state index in [1.54, 1.807) is 6.07 Å². The van der Waals surface area contributed by atoms with E-state index in [1.165, 1.54) is 0 Å². The number of hydrogen-bond donors (Lipinski definition) is 1. The highest BCUT2D eigenvalue weighted by Gasteiger charge is 2.13. The first-order valence-corrected chi connectivity index (χ1v) is 6.12. The van der Waals surface area contributed by atoms with Crippen molar-refractivity contribution in [2.24, 2.45) is 0 Å². The Morgan fingerprint density at radius 2 is 1.88 bits per heavy atom. The zero-order chi connectivity index (χ0) is 12.7. The van der Waals surface area contributed by atoms with Gasteiger partial charge in [0.25, 0.3) is 0 Å². The second kappa shape index (κ2) is 4.19. The zero-order valence-electron chi connectivity index (χ0n) is 10.5. The van der Waals surface area contributed by atoms with Gasteiger partial charge in [0.15, 0.2) is 5.43 Å². The smallest absolute Gasteiger partial charge is 0.193 e. The van der Waals surface area contributed by atoms with Crippen LogP contribution in [0.15, 0.2) is 16.9 Å². The van der Waals surface area contributed by atoms with E-state index in [0.29, 0.717) is 10.4 Å². The lowest BCUT2D eigenvalue weighted by atomic mass is 9.98. The molecule has 0 amide bonds. The molecule has 0 radical (unpaired) electrons. The number of H-pyrrole nitrogens is 1. The first-order valence-electron chi connectivity index (χ1n) is 5.74. The number of aryl methyl sites for hydroxylation is 2. The van der Waals surface area contributed by atoms with Crippen LogP contribution in [0.2, 0.25) is 5.02 Å². The van der Waals surface area contributed by atoms with Gasteiger partial charge in [0.05, 0.1) is 5.52 Å². The maximum atomic E-state index is 12.4. The monoisotopic (exact) mass is 249 g/mol. The van der Waals surface area contributed by atoms with Crippen LogP contribution in [0.1, 0.15) is 36.6 Å². The van der Waals surface area contributed by atoms with Crippen LogP contribution in [0.25, 0.3) is 10.9 Å². The molecule has 0 aliphatic heterocycles. The van der Waals surface area contributed by atoms with Crippen LogP contribution in [-0.4, -0.2) is 4.98 Å². The van der Waals surface area contributed by atoms with Crippen molar-refractivity contribution in [3.8, 4) is 0 Å². The van der Waals surface area contributed by atoms with Crippen molar-refractivity contribution in [2.75, 3.05) is 0 Å². The van der Waals surface area contributed by atoms with E-state index in [1.807, 2.05) is 33.8 Å². The predicted octanol–water partition coefficient (Wildman–Crippen LogP) is 3.92. The van der Waals surface area contributed by atoms with Crippen LogP contribution in [0.4, 0.5) is 0 Å². The van der Waals surface area contributed by atoms with Gasteiger partial charge in [-0.05, 0) is 37.5 Å². The summed E-state index contributed by atoms with van der Waals surface area (Å²) >= 11 is 6.01. The fraction of sp³-hybridized carbons (Fsp3) is 0.357. The van der Waals surface area contributed by atoms with Crippen molar-refractivity contribution in [2.45, 2.75) is 33.6 Å². The third-order valence-electron chi connectivity index (χ3n) is 3.08. The number of aromatic nitrogens is 1. The Kier molecular flexibility index (Phi) is 3.00. The molecule has 0 aliphatic rings. The Morgan fingerprint density at radius 3 is 2.47 bits per heavy atom. The number of aromatic amines is 1. The largest absolute Gasteiger partial charge is 0.358 e. The number of benzene rings is 1.